The highest BCUT2D eigenvalue weighted by atomic mass is 16.5. The standard InChI is InChI=1S/C21H21N3O5/c1-12(13-5-4-6-15(9-13)28-2)22-21(27)23-14-7-8-17-16(10-14)19(25)11-18(24-17)20(26)29-3/h4-12H,1-3H3,(H,24,25)(H2,22,23,27)/t12-/m0/s1. The van der Waals surface area contributed by atoms with Crippen molar-refractivity contribution in [3.05, 3.63) is 70.0 Å². The minimum absolute atomic E-state index is 0.0653. The zero-order chi connectivity index (χ0) is 21.0. The van der Waals surface area contributed by atoms with E-state index < -0.39 is 12.0 Å². The third-order valence-corrected chi connectivity index (χ3v) is 4.43. The van der Waals surface area contributed by atoms with E-state index >= 15 is 0 Å². The van der Waals surface area contributed by atoms with Gasteiger partial charge in [-0.25, -0.2) is 9.59 Å². The zero-order valence-corrected chi connectivity index (χ0v) is 16.2. The van der Waals surface area contributed by atoms with Gasteiger partial charge in [-0.2, -0.15) is 0 Å². The van der Waals surface area contributed by atoms with E-state index in [9.17, 15) is 14.4 Å². The molecule has 0 saturated carbocycles. The number of rotatable bonds is 5. The van der Waals surface area contributed by atoms with Crippen molar-refractivity contribution in [3.8, 4) is 5.75 Å². The van der Waals surface area contributed by atoms with E-state index in [0.29, 0.717) is 22.3 Å². The summed E-state index contributed by atoms with van der Waals surface area (Å²) in [6, 6.07) is 12.7. The predicted octanol–water partition coefficient (Wildman–Crippen LogP) is 3.21. The van der Waals surface area contributed by atoms with Gasteiger partial charge in [-0.1, -0.05) is 12.1 Å². The Morgan fingerprint density at radius 1 is 1.07 bits per heavy atom. The lowest BCUT2D eigenvalue weighted by Crippen LogP contribution is -2.31. The van der Waals surface area contributed by atoms with Gasteiger partial charge in [0.2, 0.25) is 0 Å². The number of aromatic amines is 1. The van der Waals surface area contributed by atoms with Gasteiger partial charge in [0.15, 0.2) is 5.43 Å². The summed E-state index contributed by atoms with van der Waals surface area (Å²) in [6.07, 6.45) is 0. The first-order valence-corrected chi connectivity index (χ1v) is 8.88. The van der Waals surface area contributed by atoms with Crippen LogP contribution in [0.1, 0.15) is 29.0 Å². The molecular formula is C21H21N3O5. The number of benzene rings is 2. The Morgan fingerprint density at radius 2 is 1.86 bits per heavy atom. The third kappa shape index (κ3) is 4.55. The van der Waals surface area contributed by atoms with Crippen LogP contribution < -0.4 is 20.8 Å². The van der Waals surface area contributed by atoms with Gasteiger partial charge in [-0.3, -0.25) is 4.79 Å². The summed E-state index contributed by atoms with van der Waals surface area (Å²) in [6.45, 7) is 1.85. The Labute approximate surface area is 166 Å². The average Bonchev–Trinajstić information content (AvgIpc) is 2.73. The number of fused-ring (bicyclic) bond motifs is 1. The number of methoxy groups -OCH3 is 2. The maximum absolute atomic E-state index is 12.4. The van der Waals surface area contributed by atoms with Crippen LogP contribution in [0.15, 0.2) is 53.3 Å². The summed E-state index contributed by atoms with van der Waals surface area (Å²) in [4.78, 5) is 39.1. The number of esters is 1. The number of hydrogen-bond donors (Lipinski definition) is 3. The second kappa shape index (κ2) is 8.47. The van der Waals surface area contributed by atoms with Crippen molar-refractivity contribution in [1.29, 1.82) is 0 Å². The normalized spacial score (nSPS) is 11.6. The minimum atomic E-state index is -0.628. The predicted molar refractivity (Wildman–Crippen MR) is 109 cm³/mol. The molecule has 3 rings (SSSR count). The van der Waals surface area contributed by atoms with Crippen molar-refractivity contribution in [1.82, 2.24) is 10.3 Å². The lowest BCUT2D eigenvalue weighted by molar-refractivity contribution is 0.0594. The van der Waals surface area contributed by atoms with Gasteiger partial charge in [0.1, 0.15) is 11.4 Å². The number of carbonyl (C=O) groups excluding carboxylic acids is 2. The molecule has 1 aromatic heterocycles. The molecular weight excluding hydrogens is 374 g/mol. The molecule has 3 aromatic rings. The number of urea groups is 1. The number of aromatic nitrogens is 1. The zero-order valence-electron chi connectivity index (χ0n) is 16.2. The highest BCUT2D eigenvalue weighted by Gasteiger charge is 2.13. The summed E-state index contributed by atoms with van der Waals surface area (Å²) in [7, 11) is 2.82. The minimum Gasteiger partial charge on any atom is -0.497 e. The van der Waals surface area contributed by atoms with Crippen LogP contribution in [0.25, 0.3) is 10.9 Å². The molecule has 1 atom stereocenters. The van der Waals surface area contributed by atoms with Crippen LogP contribution in [-0.2, 0) is 4.74 Å². The molecule has 0 aliphatic rings. The summed E-state index contributed by atoms with van der Waals surface area (Å²) >= 11 is 0. The number of anilines is 1. The monoisotopic (exact) mass is 395 g/mol. The molecule has 0 spiro atoms. The Morgan fingerprint density at radius 3 is 2.59 bits per heavy atom. The molecule has 8 nitrogen and oxygen atoms in total. The van der Waals surface area contributed by atoms with Gasteiger partial charge >= 0.3 is 12.0 Å². The number of ether oxygens (including phenoxy) is 2. The quantitative estimate of drug-likeness (QED) is 0.575. The molecule has 2 aromatic carbocycles. The third-order valence-electron chi connectivity index (χ3n) is 4.43. The second-order valence-corrected chi connectivity index (χ2v) is 6.40. The Kier molecular flexibility index (Phi) is 5.82. The summed E-state index contributed by atoms with van der Waals surface area (Å²) in [5.74, 6) is 0.0775. The molecule has 0 aliphatic carbocycles. The summed E-state index contributed by atoms with van der Waals surface area (Å²) in [5.41, 5.74) is 1.52. The van der Waals surface area contributed by atoms with E-state index in [1.807, 2.05) is 31.2 Å². The number of H-pyrrole nitrogens is 1. The van der Waals surface area contributed by atoms with Gasteiger partial charge in [-0.15, -0.1) is 0 Å². The fraction of sp³-hybridized carbons (Fsp3) is 0.190. The smallest absolute Gasteiger partial charge is 0.354 e. The molecule has 0 radical (unpaired) electrons. The molecule has 150 valence electrons. The number of hydrogen-bond acceptors (Lipinski definition) is 5. The molecule has 29 heavy (non-hydrogen) atoms. The van der Waals surface area contributed by atoms with Crippen molar-refractivity contribution in [3.63, 3.8) is 0 Å². The van der Waals surface area contributed by atoms with Crippen LogP contribution in [0.3, 0.4) is 0 Å². The van der Waals surface area contributed by atoms with Crippen molar-refractivity contribution in [2.75, 3.05) is 19.5 Å². The Hall–Kier alpha value is -3.81. The van der Waals surface area contributed by atoms with Crippen molar-refractivity contribution >= 4 is 28.6 Å². The molecule has 1 heterocycles. The van der Waals surface area contributed by atoms with Crippen LogP contribution in [0.4, 0.5) is 10.5 Å². The van der Waals surface area contributed by atoms with Crippen LogP contribution in [0.2, 0.25) is 0 Å². The maximum Gasteiger partial charge on any atom is 0.354 e. The van der Waals surface area contributed by atoms with E-state index in [4.69, 9.17) is 4.74 Å². The first kappa shape index (κ1) is 19.9. The molecule has 8 heteroatoms. The molecule has 0 aliphatic heterocycles. The van der Waals surface area contributed by atoms with Gasteiger partial charge in [0.25, 0.3) is 0 Å². The maximum atomic E-state index is 12.4. The fourth-order valence-electron chi connectivity index (χ4n) is 2.90. The van der Waals surface area contributed by atoms with E-state index in [1.54, 1.807) is 25.3 Å². The lowest BCUT2D eigenvalue weighted by Gasteiger charge is -2.16. The summed E-state index contributed by atoms with van der Waals surface area (Å²) in [5, 5.41) is 5.89. The SMILES string of the molecule is COC(=O)c1cc(=O)c2cc(NC(=O)N[C@@H](C)c3cccc(OC)c3)ccc2[nH]1. The van der Waals surface area contributed by atoms with E-state index in [-0.39, 0.29) is 17.2 Å². The molecule has 3 N–H and O–H groups in total. The Bertz CT molecular complexity index is 1120. The van der Waals surface area contributed by atoms with Crippen molar-refractivity contribution in [2.45, 2.75) is 13.0 Å². The topological polar surface area (TPSA) is 110 Å². The number of pyridine rings is 1. The fourth-order valence-corrected chi connectivity index (χ4v) is 2.90. The number of amides is 2. The summed E-state index contributed by atoms with van der Waals surface area (Å²) < 4.78 is 9.82. The molecule has 0 unspecified atom stereocenters. The van der Waals surface area contributed by atoms with Crippen LogP contribution in [-0.4, -0.2) is 31.2 Å². The van der Waals surface area contributed by atoms with Gasteiger partial charge in [-0.05, 0) is 42.8 Å². The molecule has 0 bridgehead atoms. The first-order valence-electron chi connectivity index (χ1n) is 8.88. The molecule has 0 fully saturated rings. The molecule has 0 saturated heterocycles. The highest BCUT2D eigenvalue weighted by molar-refractivity contribution is 5.94. The second-order valence-electron chi connectivity index (χ2n) is 6.40. The lowest BCUT2D eigenvalue weighted by atomic mass is 10.1. The van der Waals surface area contributed by atoms with E-state index in [0.717, 1.165) is 5.56 Å². The van der Waals surface area contributed by atoms with Crippen LogP contribution in [0, 0.1) is 0 Å². The Balaban J connectivity index is 1.75. The largest absolute Gasteiger partial charge is 0.497 e. The van der Waals surface area contributed by atoms with Gasteiger partial charge in [0.05, 0.1) is 25.8 Å². The van der Waals surface area contributed by atoms with E-state index in [2.05, 4.69) is 20.4 Å². The number of nitrogens with one attached hydrogen (secondary N) is 3. The van der Waals surface area contributed by atoms with E-state index in [1.165, 1.54) is 13.2 Å². The first-order chi connectivity index (χ1) is 13.9. The molecule has 2 amide bonds. The van der Waals surface area contributed by atoms with Crippen LogP contribution >= 0.6 is 0 Å². The highest BCUT2D eigenvalue weighted by Crippen LogP contribution is 2.19. The average molecular weight is 395 g/mol. The van der Waals surface area contributed by atoms with Crippen molar-refractivity contribution in [2.24, 2.45) is 0 Å². The van der Waals surface area contributed by atoms with Gasteiger partial charge < -0.3 is 25.1 Å². The number of carbonyl (C=O) groups is 2. The van der Waals surface area contributed by atoms with Crippen molar-refractivity contribution < 1.29 is 19.1 Å². The van der Waals surface area contributed by atoms with Crippen LogP contribution in [0.5, 0.6) is 5.75 Å². The van der Waals surface area contributed by atoms with Gasteiger partial charge in [0, 0.05) is 17.1 Å².